The van der Waals surface area contributed by atoms with Crippen LogP contribution in [0.15, 0.2) is 18.2 Å². The van der Waals surface area contributed by atoms with Gasteiger partial charge in [0.2, 0.25) is 5.91 Å². The molecule has 2 atom stereocenters. The zero-order valence-corrected chi connectivity index (χ0v) is 14.6. The zero-order chi connectivity index (χ0) is 16.7. The molecule has 2 heterocycles. The van der Waals surface area contributed by atoms with Gasteiger partial charge in [-0.25, -0.2) is 0 Å². The predicted molar refractivity (Wildman–Crippen MR) is 95.1 cm³/mol. The maximum atomic E-state index is 12.5. The smallest absolute Gasteiger partial charge is 0.230 e. The van der Waals surface area contributed by atoms with Crippen molar-refractivity contribution >= 4 is 11.6 Å². The van der Waals surface area contributed by atoms with Crippen LogP contribution >= 0.6 is 0 Å². The molecule has 24 heavy (non-hydrogen) atoms. The quantitative estimate of drug-likeness (QED) is 0.924. The van der Waals surface area contributed by atoms with Gasteiger partial charge >= 0.3 is 0 Å². The SMILES string of the molecule is C[C@H]1Cc2cc([C@H](O)CN3CCCCC3)ccc2N1C(=O)C1CC1. The summed E-state index contributed by atoms with van der Waals surface area (Å²) in [5.41, 5.74) is 3.27. The van der Waals surface area contributed by atoms with Crippen molar-refractivity contribution in [2.45, 2.75) is 57.6 Å². The van der Waals surface area contributed by atoms with Crippen molar-refractivity contribution in [2.24, 2.45) is 5.92 Å². The number of hydrogen-bond donors (Lipinski definition) is 1. The van der Waals surface area contributed by atoms with E-state index in [1.54, 1.807) is 0 Å². The van der Waals surface area contributed by atoms with Crippen molar-refractivity contribution in [3.8, 4) is 0 Å². The highest BCUT2D eigenvalue weighted by molar-refractivity contribution is 5.98. The molecule has 3 aliphatic rings. The molecule has 1 aromatic rings. The topological polar surface area (TPSA) is 43.8 Å². The second-order valence-corrected chi connectivity index (χ2v) is 7.80. The van der Waals surface area contributed by atoms with E-state index >= 15 is 0 Å². The van der Waals surface area contributed by atoms with E-state index in [9.17, 15) is 9.90 Å². The average Bonchev–Trinajstić information content (AvgIpc) is 3.37. The van der Waals surface area contributed by atoms with Crippen LogP contribution in [0.4, 0.5) is 5.69 Å². The predicted octanol–water partition coefficient (Wildman–Crippen LogP) is 2.89. The molecular formula is C20H28N2O2. The van der Waals surface area contributed by atoms with Gasteiger partial charge in [0.1, 0.15) is 0 Å². The largest absolute Gasteiger partial charge is 0.387 e. The molecule has 2 aliphatic heterocycles. The van der Waals surface area contributed by atoms with Crippen molar-refractivity contribution in [1.82, 2.24) is 4.90 Å². The van der Waals surface area contributed by atoms with E-state index in [0.29, 0.717) is 5.91 Å². The Morgan fingerprint density at radius 2 is 2.00 bits per heavy atom. The Hall–Kier alpha value is -1.39. The number of likely N-dealkylation sites (tertiary alicyclic amines) is 1. The second kappa shape index (κ2) is 6.49. The summed E-state index contributed by atoms with van der Waals surface area (Å²) in [6, 6.07) is 6.43. The van der Waals surface area contributed by atoms with Crippen molar-refractivity contribution in [3.05, 3.63) is 29.3 Å². The first-order valence-corrected chi connectivity index (χ1v) is 9.50. The van der Waals surface area contributed by atoms with Crippen molar-refractivity contribution in [3.63, 3.8) is 0 Å². The number of β-amino-alcohol motifs (C(OH)–C–C–N with tert-alkyl or cyclic N) is 1. The van der Waals surface area contributed by atoms with Gasteiger partial charge in [0.05, 0.1) is 6.10 Å². The molecule has 4 rings (SSSR count). The molecule has 1 N–H and O–H groups in total. The lowest BCUT2D eigenvalue weighted by molar-refractivity contribution is -0.120. The molecule has 0 bridgehead atoms. The fourth-order valence-corrected chi connectivity index (χ4v) is 4.21. The number of amides is 1. The van der Waals surface area contributed by atoms with Gasteiger partial charge in [-0.2, -0.15) is 0 Å². The Labute approximate surface area is 144 Å². The van der Waals surface area contributed by atoms with E-state index in [4.69, 9.17) is 0 Å². The third-order valence-corrected chi connectivity index (χ3v) is 5.75. The Bertz CT molecular complexity index is 620. The lowest BCUT2D eigenvalue weighted by atomic mass is 10.0. The van der Waals surface area contributed by atoms with Crippen LogP contribution in [-0.2, 0) is 11.2 Å². The van der Waals surface area contributed by atoms with Crippen LogP contribution in [0.2, 0.25) is 0 Å². The summed E-state index contributed by atoms with van der Waals surface area (Å²) in [6.07, 6.45) is 6.36. The van der Waals surface area contributed by atoms with Crippen molar-refractivity contribution in [1.29, 1.82) is 0 Å². The zero-order valence-electron chi connectivity index (χ0n) is 14.6. The number of aliphatic hydroxyl groups is 1. The van der Waals surface area contributed by atoms with Gasteiger partial charge in [-0.1, -0.05) is 18.6 Å². The number of aliphatic hydroxyl groups excluding tert-OH is 1. The molecule has 130 valence electrons. The summed E-state index contributed by atoms with van der Waals surface area (Å²) in [7, 11) is 0. The molecule has 4 nitrogen and oxygen atoms in total. The molecule has 1 saturated carbocycles. The van der Waals surface area contributed by atoms with Crippen molar-refractivity contribution < 1.29 is 9.90 Å². The summed E-state index contributed by atoms with van der Waals surface area (Å²) in [4.78, 5) is 16.9. The van der Waals surface area contributed by atoms with Crippen LogP contribution in [0, 0.1) is 5.92 Å². The fourth-order valence-electron chi connectivity index (χ4n) is 4.21. The van der Waals surface area contributed by atoms with Gasteiger partial charge in [0.15, 0.2) is 0 Å². The fraction of sp³-hybridized carbons (Fsp3) is 0.650. The van der Waals surface area contributed by atoms with Gasteiger partial charge in [-0.15, -0.1) is 0 Å². The number of carbonyl (C=O) groups excluding carboxylic acids is 1. The molecule has 1 aromatic carbocycles. The van der Waals surface area contributed by atoms with Crippen LogP contribution in [0.25, 0.3) is 0 Å². The minimum atomic E-state index is -0.433. The molecular weight excluding hydrogens is 300 g/mol. The molecule has 1 amide bonds. The Kier molecular flexibility index (Phi) is 4.35. The molecule has 0 unspecified atom stereocenters. The summed E-state index contributed by atoms with van der Waals surface area (Å²) in [5.74, 6) is 0.547. The van der Waals surface area contributed by atoms with Crippen LogP contribution in [-0.4, -0.2) is 41.6 Å². The third-order valence-electron chi connectivity index (χ3n) is 5.75. The van der Waals surface area contributed by atoms with E-state index in [-0.39, 0.29) is 12.0 Å². The molecule has 2 fully saturated rings. The molecule has 0 radical (unpaired) electrons. The third kappa shape index (κ3) is 3.09. The van der Waals surface area contributed by atoms with Gasteiger partial charge in [0, 0.05) is 24.2 Å². The standard InChI is InChI=1S/C20H28N2O2/c1-14-11-17-12-16(19(23)13-21-9-3-2-4-10-21)7-8-18(17)22(14)20(24)15-5-6-15/h7-8,12,14-15,19,23H,2-6,9-11,13H2,1H3/t14-,19+/m0/s1. The van der Waals surface area contributed by atoms with Crippen LogP contribution in [0.5, 0.6) is 0 Å². The summed E-state index contributed by atoms with van der Waals surface area (Å²) >= 11 is 0. The lowest BCUT2D eigenvalue weighted by Crippen LogP contribution is -2.36. The molecule has 1 aliphatic carbocycles. The monoisotopic (exact) mass is 328 g/mol. The van der Waals surface area contributed by atoms with E-state index in [1.807, 2.05) is 17.0 Å². The maximum Gasteiger partial charge on any atom is 0.230 e. The number of piperidine rings is 1. The number of anilines is 1. The first-order chi connectivity index (χ1) is 11.6. The van der Waals surface area contributed by atoms with Crippen molar-refractivity contribution in [2.75, 3.05) is 24.5 Å². The van der Waals surface area contributed by atoms with Crippen LogP contribution in [0.1, 0.15) is 56.3 Å². The Balaban J connectivity index is 1.49. The van der Waals surface area contributed by atoms with E-state index < -0.39 is 6.10 Å². The minimum Gasteiger partial charge on any atom is -0.387 e. The van der Waals surface area contributed by atoms with Gasteiger partial charge in [-0.05, 0) is 69.3 Å². The number of rotatable bonds is 4. The first-order valence-electron chi connectivity index (χ1n) is 9.50. The van der Waals surface area contributed by atoms with Gasteiger partial charge in [-0.3, -0.25) is 4.79 Å². The Morgan fingerprint density at radius 1 is 1.25 bits per heavy atom. The maximum absolute atomic E-state index is 12.5. The highest BCUT2D eigenvalue weighted by atomic mass is 16.3. The number of fused-ring (bicyclic) bond motifs is 1. The normalized spacial score (nSPS) is 25.6. The molecule has 1 saturated heterocycles. The first kappa shape index (κ1) is 16.1. The van der Waals surface area contributed by atoms with E-state index in [2.05, 4.69) is 17.9 Å². The van der Waals surface area contributed by atoms with E-state index in [0.717, 1.165) is 50.1 Å². The highest BCUT2D eigenvalue weighted by Gasteiger charge is 2.39. The Morgan fingerprint density at radius 3 is 2.71 bits per heavy atom. The lowest BCUT2D eigenvalue weighted by Gasteiger charge is -2.28. The molecule has 0 aromatic heterocycles. The van der Waals surface area contributed by atoms with Crippen LogP contribution < -0.4 is 4.90 Å². The summed E-state index contributed by atoms with van der Waals surface area (Å²) in [6.45, 7) is 5.05. The number of benzene rings is 1. The number of carbonyl (C=O) groups is 1. The van der Waals surface area contributed by atoms with Gasteiger partial charge < -0.3 is 14.9 Å². The average molecular weight is 328 g/mol. The highest BCUT2D eigenvalue weighted by Crippen LogP contribution is 2.39. The van der Waals surface area contributed by atoms with Gasteiger partial charge in [0.25, 0.3) is 0 Å². The summed E-state index contributed by atoms with van der Waals surface area (Å²) < 4.78 is 0. The minimum absolute atomic E-state index is 0.239. The van der Waals surface area contributed by atoms with E-state index in [1.165, 1.54) is 24.8 Å². The number of nitrogens with zero attached hydrogens (tertiary/aromatic N) is 2. The molecule has 4 heteroatoms. The number of hydrogen-bond acceptors (Lipinski definition) is 3. The molecule has 0 spiro atoms. The second-order valence-electron chi connectivity index (χ2n) is 7.80. The summed E-state index contributed by atoms with van der Waals surface area (Å²) in [5, 5.41) is 10.6. The van der Waals surface area contributed by atoms with Crippen LogP contribution in [0.3, 0.4) is 0 Å².